The predicted octanol–water partition coefficient (Wildman–Crippen LogP) is 2.20. The van der Waals surface area contributed by atoms with Gasteiger partial charge in [0.1, 0.15) is 5.78 Å². The third-order valence-electron chi connectivity index (χ3n) is 3.73. The topological polar surface area (TPSA) is 50.3 Å². The lowest BCUT2D eigenvalue weighted by Crippen LogP contribution is -2.49. The van der Waals surface area contributed by atoms with Crippen molar-refractivity contribution in [1.29, 1.82) is 0 Å². The highest BCUT2D eigenvalue weighted by atomic mass is 79.9. The van der Waals surface area contributed by atoms with Gasteiger partial charge in [0.25, 0.3) is 0 Å². The molecule has 2 heterocycles. The molecule has 1 aromatic heterocycles. The van der Waals surface area contributed by atoms with Gasteiger partial charge in [0, 0.05) is 23.5 Å². The van der Waals surface area contributed by atoms with E-state index in [0.717, 1.165) is 15.9 Å². The first-order valence-electron chi connectivity index (χ1n) is 5.92. The van der Waals surface area contributed by atoms with Crippen LogP contribution in [0.25, 0.3) is 0 Å². The summed E-state index contributed by atoms with van der Waals surface area (Å²) in [5, 5.41) is 0. The molecule has 1 aliphatic heterocycles. The minimum atomic E-state index is -0.603. The molecule has 1 aromatic rings. The zero-order chi connectivity index (χ0) is 13.1. The summed E-state index contributed by atoms with van der Waals surface area (Å²) >= 11 is 3.38. The van der Waals surface area contributed by atoms with Crippen molar-refractivity contribution in [2.75, 3.05) is 4.90 Å². The van der Waals surface area contributed by atoms with E-state index in [9.17, 15) is 9.59 Å². The van der Waals surface area contributed by atoms with Gasteiger partial charge in [-0.2, -0.15) is 0 Å². The fourth-order valence-corrected chi connectivity index (χ4v) is 2.94. The SMILES string of the molecule is CC1(C)C(=O)N(C2CC(=O)C2)c2cc(Br)cnc21. The van der Waals surface area contributed by atoms with Gasteiger partial charge < -0.3 is 4.90 Å². The Labute approximate surface area is 114 Å². The molecule has 94 valence electrons. The van der Waals surface area contributed by atoms with Gasteiger partial charge >= 0.3 is 0 Å². The van der Waals surface area contributed by atoms with Crippen LogP contribution in [-0.4, -0.2) is 22.7 Å². The molecule has 0 aromatic carbocycles. The Morgan fingerprint density at radius 1 is 1.39 bits per heavy atom. The predicted molar refractivity (Wildman–Crippen MR) is 70.5 cm³/mol. The third-order valence-corrected chi connectivity index (χ3v) is 4.16. The Balaban J connectivity index is 2.09. The van der Waals surface area contributed by atoms with Crippen LogP contribution in [0.3, 0.4) is 0 Å². The minimum Gasteiger partial charge on any atom is -0.306 e. The number of carbonyl (C=O) groups excluding carboxylic acids is 2. The maximum Gasteiger partial charge on any atom is 0.239 e. The van der Waals surface area contributed by atoms with Gasteiger partial charge in [0.05, 0.1) is 22.8 Å². The second-order valence-electron chi connectivity index (χ2n) is 5.42. The van der Waals surface area contributed by atoms with Crippen molar-refractivity contribution in [3.8, 4) is 0 Å². The summed E-state index contributed by atoms with van der Waals surface area (Å²) < 4.78 is 0.849. The number of rotatable bonds is 1. The molecule has 0 spiro atoms. The van der Waals surface area contributed by atoms with Crippen LogP contribution in [0.15, 0.2) is 16.7 Å². The number of ketones is 1. The van der Waals surface area contributed by atoms with Crippen molar-refractivity contribution in [1.82, 2.24) is 4.98 Å². The van der Waals surface area contributed by atoms with E-state index < -0.39 is 5.41 Å². The summed E-state index contributed by atoms with van der Waals surface area (Å²) in [4.78, 5) is 29.8. The van der Waals surface area contributed by atoms with Crippen LogP contribution in [-0.2, 0) is 15.0 Å². The molecule has 0 saturated heterocycles. The van der Waals surface area contributed by atoms with Crippen molar-refractivity contribution < 1.29 is 9.59 Å². The molecule has 5 heteroatoms. The largest absolute Gasteiger partial charge is 0.306 e. The standard InChI is InChI=1S/C13H13BrN2O2/c1-13(2)11-10(3-7(14)6-15-11)16(12(13)18)8-4-9(17)5-8/h3,6,8H,4-5H2,1-2H3. The third kappa shape index (κ3) is 1.46. The average molecular weight is 309 g/mol. The summed E-state index contributed by atoms with van der Waals surface area (Å²) in [6.07, 6.45) is 2.64. The van der Waals surface area contributed by atoms with E-state index in [0.29, 0.717) is 12.8 Å². The average Bonchev–Trinajstić information content (AvgIpc) is 2.44. The van der Waals surface area contributed by atoms with Gasteiger partial charge in [-0.05, 0) is 35.8 Å². The number of fused-ring (bicyclic) bond motifs is 1. The van der Waals surface area contributed by atoms with Crippen LogP contribution < -0.4 is 4.90 Å². The van der Waals surface area contributed by atoms with Gasteiger partial charge in [-0.15, -0.1) is 0 Å². The molecule has 1 aliphatic carbocycles. The van der Waals surface area contributed by atoms with Gasteiger partial charge in [0.15, 0.2) is 0 Å². The maximum atomic E-state index is 12.5. The van der Waals surface area contributed by atoms with Crippen LogP contribution in [0.1, 0.15) is 32.4 Å². The van der Waals surface area contributed by atoms with Crippen molar-refractivity contribution in [3.63, 3.8) is 0 Å². The van der Waals surface area contributed by atoms with E-state index in [4.69, 9.17) is 0 Å². The molecule has 0 unspecified atom stereocenters. The number of Topliss-reactive ketones (excluding diaryl/α,β-unsaturated/α-hetero) is 1. The van der Waals surface area contributed by atoms with Gasteiger partial charge in [-0.25, -0.2) is 0 Å². The molecule has 0 radical (unpaired) electrons. The first-order valence-corrected chi connectivity index (χ1v) is 6.72. The number of aromatic nitrogens is 1. The highest BCUT2D eigenvalue weighted by Gasteiger charge is 2.50. The Morgan fingerprint density at radius 2 is 2.06 bits per heavy atom. The maximum absolute atomic E-state index is 12.5. The van der Waals surface area contributed by atoms with Crippen LogP contribution in [0.2, 0.25) is 0 Å². The molecule has 0 atom stereocenters. The van der Waals surface area contributed by atoms with E-state index in [1.165, 1.54) is 0 Å². The van der Waals surface area contributed by atoms with Crippen molar-refractivity contribution in [2.45, 2.75) is 38.1 Å². The Morgan fingerprint density at radius 3 is 2.67 bits per heavy atom. The summed E-state index contributed by atoms with van der Waals surface area (Å²) in [5.74, 6) is 0.266. The zero-order valence-electron chi connectivity index (χ0n) is 10.2. The molecule has 1 amide bonds. The first-order chi connectivity index (χ1) is 8.41. The molecule has 1 fully saturated rings. The summed E-state index contributed by atoms with van der Waals surface area (Å²) in [6.45, 7) is 3.77. The van der Waals surface area contributed by atoms with Crippen LogP contribution in [0, 0.1) is 0 Å². The highest BCUT2D eigenvalue weighted by molar-refractivity contribution is 9.10. The van der Waals surface area contributed by atoms with E-state index in [2.05, 4.69) is 20.9 Å². The lowest BCUT2D eigenvalue weighted by molar-refractivity contribution is -0.127. The van der Waals surface area contributed by atoms with Crippen LogP contribution in [0.5, 0.6) is 0 Å². The molecular weight excluding hydrogens is 296 g/mol. The number of nitrogens with zero attached hydrogens (tertiary/aromatic N) is 2. The minimum absolute atomic E-state index is 0.0154. The number of hydrogen-bond acceptors (Lipinski definition) is 3. The van der Waals surface area contributed by atoms with Crippen LogP contribution in [0.4, 0.5) is 5.69 Å². The van der Waals surface area contributed by atoms with E-state index in [1.54, 1.807) is 11.1 Å². The fraction of sp³-hybridized carbons (Fsp3) is 0.462. The van der Waals surface area contributed by atoms with Gasteiger partial charge in [0.2, 0.25) is 5.91 Å². The molecule has 0 N–H and O–H groups in total. The first kappa shape index (κ1) is 11.8. The lowest BCUT2D eigenvalue weighted by Gasteiger charge is -2.34. The van der Waals surface area contributed by atoms with E-state index in [-0.39, 0.29) is 17.7 Å². The van der Waals surface area contributed by atoms with Crippen LogP contribution >= 0.6 is 15.9 Å². The number of halogens is 1. The zero-order valence-corrected chi connectivity index (χ0v) is 11.8. The molecule has 3 rings (SSSR count). The Bertz CT molecular complexity index is 560. The summed E-state index contributed by atoms with van der Waals surface area (Å²) in [7, 11) is 0. The highest BCUT2D eigenvalue weighted by Crippen LogP contribution is 2.44. The molecule has 4 nitrogen and oxygen atoms in total. The normalized spacial score (nSPS) is 22.1. The number of carbonyl (C=O) groups is 2. The quantitative estimate of drug-likeness (QED) is 0.799. The van der Waals surface area contributed by atoms with Crippen molar-refractivity contribution >= 4 is 33.3 Å². The Kier molecular flexibility index (Phi) is 2.39. The lowest BCUT2D eigenvalue weighted by atomic mass is 9.88. The van der Waals surface area contributed by atoms with E-state index in [1.807, 2.05) is 19.9 Å². The molecule has 0 bridgehead atoms. The summed E-state index contributed by atoms with van der Waals surface area (Å²) in [5.41, 5.74) is 1.04. The molecular formula is C13H13BrN2O2. The summed E-state index contributed by atoms with van der Waals surface area (Å²) in [6, 6.07) is 1.93. The fourth-order valence-electron chi connectivity index (χ4n) is 2.62. The molecule has 18 heavy (non-hydrogen) atoms. The Hall–Kier alpha value is -1.23. The van der Waals surface area contributed by atoms with Crippen molar-refractivity contribution in [3.05, 3.63) is 22.4 Å². The number of pyridine rings is 1. The van der Waals surface area contributed by atoms with Crippen molar-refractivity contribution in [2.24, 2.45) is 0 Å². The second kappa shape index (κ2) is 3.63. The number of hydrogen-bond donors (Lipinski definition) is 0. The molecule has 2 aliphatic rings. The number of amides is 1. The second-order valence-corrected chi connectivity index (χ2v) is 6.34. The number of anilines is 1. The van der Waals surface area contributed by atoms with E-state index >= 15 is 0 Å². The molecule has 1 saturated carbocycles. The van der Waals surface area contributed by atoms with Gasteiger partial charge in [-0.3, -0.25) is 14.6 Å². The monoisotopic (exact) mass is 308 g/mol. The van der Waals surface area contributed by atoms with Gasteiger partial charge in [-0.1, -0.05) is 0 Å². The smallest absolute Gasteiger partial charge is 0.239 e.